The van der Waals surface area contributed by atoms with Crippen molar-refractivity contribution in [3.05, 3.63) is 59.2 Å². The number of nitrogens with one attached hydrogen (secondary N) is 1. The summed E-state index contributed by atoms with van der Waals surface area (Å²) in [5.41, 5.74) is 2.45. The van der Waals surface area contributed by atoms with Gasteiger partial charge in [0.2, 0.25) is 0 Å². The van der Waals surface area contributed by atoms with Crippen molar-refractivity contribution in [1.82, 2.24) is 0 Å². The molecule has 0 saturated carbocycles. The van der Waals surface area contributed by atoms with Crippen molar-refractivity contribution in [2.24, 2.45) is 0 Å². The molecule has 1 amide bonds. The maximum Gasteiger partial charge on any atom is 0.266 e. The lowest BCUT2D eigenvalue weighted by Crippen LogP contribution is -2.13. The summed E-state index contributed by atoms with van der Waals surface area (Å²) in [6.45, 7) is 6.98. The van der Waals surface area contributed by atoms with Crippen LogP contribution in [0.2, 0.25) is 0 Å². The number of hydrogen-bond donors (Lipinski definition) is 1. The molecule has 5 nitrogen and oxygen atoms in total. The van der Waals surface area contributed by atoms with Crippen molar-refractivity contribution >= 4 is 17.7 Å². The van der Waals surface area contributed by atoms with E-state index in [9.17, 15) is 10.1 Å². The van der Waals surface area contributed by atoms with E-state index in [0.717, 1.165) is 12.0 Å². The van der Waals surface area contributed by atoms with E-state index in [2.05, 4.69) is 5.32 Å². The molecule has 5 heteroatoms. The van der Waals surface area contributed by atoms with Crippen LogP contribution in [0.4, 0.5) is 5.69 Å². The van der Waals surface area contributed by atoms with E-state index in [1.807, 2.05) is 39.0 Å². The van der Waals surface area contributed by atoms with Gasteiger partial charge in [0.25, 0.3) is 5.91 Å². The summed E-state index contributed by atoms with van der Waals surface area (Å²) in [6, 6.07) is 14.7. The van der Waals surface area contributed by atoms with E-state index < -0.39 is 5.91 Å². The molecule has 0 aliphatic carbocycles. The van der Waals surface area contributed by atoms with Gasteiger partial charge in [0.1, 0.15) is 11.6 Å². The molecule has 0 unspecified atom stereocenters. The summed E-state index contributed by atoms with van der Waals surface area (Å²) >= 11 is 0. The minimum absolute atomic E-state index is 0.0141. The van der Waals surface area contributed by atoms with E-state index in [-0.39, 0.29) is 5.57 Å². The number of nitrogens with zero attached hydrogens (tertiary/aromatic N) is 1. The molecule has 2 rings (SSSR count). The van der Waals surface area contributed by atoms with E-state index in [4.69, 9.17) is 9.47 Å². The Labute approximate surface area is 160 Å². The van der Waals surface area contributed by atoms with Gasteiger partial charge in [-0.3, -0.25) is 4.79 Å². The van der Waals surface area contributed by atoms with Crippen molar-refractivity contribution < 1.29 is 14.3 Å². The van der Waals surface area contributed by atoms with E-state index in [1.54, 1.807) is 30.3 Å². The van der Waals surface area contributed by atoms with Crippen LogP contribution in [0.15, 0.2) is 48.0 Å². The van der Waals surface area contributed by atoms with Gasteiger partial charge in [0.15, 0.2) is 11.5 Å². The highest BCUT2D eigenvalue weighted by atomic mass is 16.5. The Morgan fingerprint density at radius 3 is 2.48 bits per heavy atom. The SMILES string of the molecule is CCCOc1ccc(/C=C(\C#N)C(=O)Nc2ccc(C)cc2)cc1OCC. The Kier molecular flexibility index (Phi) is 7.45. The van der Waals surface area contributed by atoms with Gasteiger partial charge in [0.05, 0.1) is 13.2 Å². The fraction of sp³-hybridized carbons (Fsp3) is 0.273. The Bertz CT molecular complexity index is 849. The summed E-state index contributed by atoms with van der Waals surface area (Å²) in [5, 5.41) is 12.1. The van der Waals surface area contributed by atoms with Gasteiger partial charge < -0.3 is 14.8 Å². The summed E-state index contributed by atoms with van der Waals surface area (Å²) in [4.78, 5) is 12.4. The summed E-state index contributed by atoms with van der Waals surface area (Å²) in [5.74, 6) is 0.792. The molecule has 0 saturated heterocycles. The maximum absolute atomic E-state index is 12.4. The zero-order valence-electron chi connectivity index (χ0n) is 15.9. The van der Waals surface area contributed by atoms with E-state index in [1.165, 1.54) is 6.08 Å². The Morgan fingerprint density at radius 2 is 1.85 bits per heavy atom. The standard InChI is InChI=1S/C22H24N2O3/c1-4-12-27-20-11-8-17(14-21(20)26-5-2)13-18(15-23)22(25)24-19-9-6-16(3)7-10-19/h6-11,13-14H,4-5,12H2,1-3H3,(H,24,25)/b18-13+. The van der Waals surface area contributed by atoms with Crippen molar-refractivity contribution in [2.75, 3.05) is 18.5 Å². The smallest absolute Gasteiger partial charge is 0.266 e. The first-order chi connectivity index (χ1) is 13.1. The molecule has 1 N–H and O–H groups in total. The number of hydrogen-bond acceptors (Lipinski definition) is 4. The number of ether oxygens (including phenoxy) is 2. The minimum Gasteiger partial charge on any atom is -0.490 e. The largest absolute Gasteiger partial charge is 0.490 e. The number of carbonyl (C=O) groups excluding carboxylic acids is 1. The van der Waals surface area contributed by atoms with Crippen LogP contribution in [0, 0.1) is 18.3 Å². The second kappa shape index (κ2) is 10.0. The van der Waals surface area contributed by atoms with Crippen LogP contribution in [0.3, 0.4) is 0 Å². The topological polar surface area (TPSA) is 71.3 Å². The summed E-state index contributed by atoms with van der Waals surface area (Å²) < 4.78 is 11.3. The predicted molar refractivity (Wildman–Crippen MR) is 107 cm³/mol. The highest BCUT2D eigenvalue weighted by Crippen LogP contribution is 2.29. The maximum atomic E-state index is 12.4. The van der Waals surface area contributed by atoms with Crippen LogP contribution in [-0.4, -0.2) is 19.1 Å². The lowest BCUT2D eigenvalue weighted by molar-refractivity contribution is -0.112. The van der Waals surface area contributed by atoms with E-state index >= 15 is 0 Å². The molecule has 27 heavy (non-hydrogen) atoms. The monoisotopic (exact) mass is 364 g/mol. The fourth-order valence-electron chi connectivity index (χ4n) is 2.36. The van der Waals surface area contributed by atoms with Crippen LogP contribution in [0.25, 0.3) is 6.08 Å². The Morgan fingerprint density at radius 1 is 1.11 bits per heavy atom. The molecule has 0 spiro atoms. The fourth-order valence-corrected chi connectivity index (χ4v) is 2.36. The number of rotatable bonds is 8. The Balaban J connectivity index is 2.22. The molecule has 0 aliphatic heterocycles. The van der Waals surface area contributed by atoms with Crippen LogP contribution < -0.4 is 14.8 Å². The van der Waals surface area contributed by atoms with Gasteiger partial charge in [0, 0.05) is 5.69 Å². The summed E-state index contributed by atoms with van der Waals surface area (Å²) in [6.07, 6.45) is 2.43. The number of nitriles is 1. The Hall–Kier alpha value is -3.26. The molecule has 0 atom stereocenters. The number of carbonyl (C=O) groups is 1. The second-order valence-electron chi connectivity index (χ2n) is 5.98. The third-order valence-corrected chi connectivity index (χ3v) is 3.71. The molecule has 0 aromatic heterocycles. The normalized spacial score (nSPS) is 10.8. The van der Waals surface area contributed by atoms with Crippen molar-refractivity contribution in [1.29, 1.82) is 5.26 Å². The van der Waals surface area contributed by atoms with Gasteiger partial charge in [-0.1, -0.05) is 30.7 Å². The van der Waals surface area contributed by atoms with Crippen molar-refractivity contribution in [3.8, 4) is 17.6 Å². The van der Waals surface area contributed by atoms with Gasteiger partial charge in [-0.05, 0) is 56.2 Å². The number of amides is 1. The second-order valence-corrected chi connectivity index (χ2v) is 5.98. The molecule has 0 radical (unpaired) electrons. The van der Waals surface area contributed by atoms with Gasteiger partial charge >= 0.3 is 0 Å². The number of anilines is 1. The molecule has 140 valence electrons. The van der Waals surface area contributed by atoms with Crippen molar-refractivity contribution in [2.45, 2.75) is 27.2 Å². The van der Waals surface area contributed by atoms with E-state index in [0.29, 0.717) is 36.0 Å². The van der Waals surface area contributed by atoms with Gasteiger partial charge in [-0.25, -0.2) is 0 Å². The lowest BCUT2D eigenvalue weighted by atomic mass is 10.1. The van der Waals surface area contributed by atoms with Crippen LogP contribution in [0.1, 0.15) is 31.4 Å². The molecule has 2 aromatic rings. The third-order valence-electron chi connectivity index (χ3n) is 3.71. The first kappa shape index (κ1) is 20.1. The molecular weight excluding hydrogens is 340 g/mol. The van der Waals surface area contributed by atoms with Crippen LogP contribution in [-0.2, 0) is 4.79 Å². The third kappa shape index (κ3) is 5.89. The molecule has 2 aromatic carbocycles. The molecule has 0 fully saturated rings. The summed E-state index contributed by atoms with van der Waals surface area (Å²) in [7, 11) is 0. The van der Waals surface area contributed by atoms with Gasteiger partial charge in [-0.15, -0.1) is 0 Å². The average molecular weight is 364 g/mol. The highest BCUT2D eigenvalue weighted by Gasteiger charge is 2.11. The molecule has 0 aliphatic rings. The van der Waals surface area contributed by atoms with Crippen LogP contribution >= 0.6 is 0 Å². The predicted octanol–water partition coefficient (Wildman–Crippen LogP) is 4.73. The zero-order valence-corrected chi connectivity index (χ0v) is 15.9. The molecule has 0 heterocycles. The minimum atomic E-state index is -0.453. The molecule has 0 bridgehead atoms. The quantitative estimate of drug-likeness (QED) is 0.543. The highest BCUT2D eigenvalue weighted by molar-refractivity contribution is 6.09. The average Bonchev–Trinajstić information content (AvgIpc) is 2.67. The van der Waals surface area contributed by atoms with Crippen LogP contribution in [0.5, 0.6) is 11.5 Å². The van der Waals surface area contributed by atoms with Gasteiger partial charge in [-0.2, -0.15) is 5.26 Å². The van der Waals surface area contributed by atoms with Crippen molar-refractivity contribution in [3.63, 3.8) is 0 Å². The molecular formula is C22H24N2O3. The number of aryl methyl sites for hydroxylation is 1. The first-order valence-electron chi connectivity index (χ1n) is 8.96. The lowest BCUT2D eigenvalue weighted by Gasteiger charge is -2.12. The first-order valence-corrected chi connectivity index (χ1v) is 8.96. The number of benzene rings is 2. The zero-order chi connectivity index (χ0) is 19.6.